The predicted octanol–water partition coefficient (Wildman–Crippen LogP) is 6.48. The number of rotatable bonds is 11. The number of carbonyl (C=O) groups is 2. The first-order chi connectivity index (χ1) is 18.8. The van der Waals surface area contributed by atoms with E-state index >= 15 is 0 Å². The molecule has 7 nitrogen and oxygen atoms in total. The first-order valence-electron chi connectivity index (χ1n) is 12.7. The average molecular weight is 625 g/mol. The molecule has 0 aliphatic rings. The van der Waals surface area contributed by atoms with Crippen LogP contribution in [0.25, 0.3) is 0 Å². The molecule has 0 aliphatic carbocycles. The normalized spacial score (nSPS) is 12.2. The van der Waals surface area contributed by atoms with Crippen LogP contribution in [0, 0.1) is 6.92 Å². The molecular weight excluding hydrogens is 593 g/mol. The maximum atomic E-state index is 14.1. The van der Waals surface area contributed by atoms with E-state index in [1.54, 1.807) is 62.4 Å². The summed E-state index contributed by atoms with van der Waals surface area (Å²) in [6.45, 7) is 6.68. The number of carbonyl (C=O) groups excluding carboxylic acids is 2. The molecule has 2 amide bonds. The SMILES string of the molecule is CCC(C(=O)NC(C)C)N(Cc1ccc(Cl)c(Cl)c1)C(=O)CN(c1ccc(C)c(Cl)c1)S(=O)(=O)c1ccccc1. The van der Waals surface area contributed by atoms with Crippen LogP contribution in [0.2, 0.25) is 15.1 Å². The van der Waals surface area contributed by atoms with Crippen molar-refractivity contribution in [2.75, 3.05) is 10.8 Å². The first kappa shape index (κ1) is 31.7. The summed E-state index contributed by atoms with van der Waals surface area (Å²) >= 11 is 18.7. The van der Waals surface area contributed by atoms with E-state index in [9.17, 15) is 18.0 Å². The van der Waals surface area contributed by atoms with Crippen molar-refractivity contribution < 1.29 is 18.0 Å². The molecule has 0 bridgehead atoms. The van der Waals surface area contributed by atoms with Gasteiger partial charge in [0, 0.05) is 17.6 Å². The van der Waals surface area contributed by atoms with Gasteiger partial charge in [0.25, 0.3) is 10.0 Å². The molecule has 40 heavy (non-hydrogen) atoms. The largest absolute Gasteiger partial charge is 0.352 e. The van der Waals surface area contributed by atoms with Crippen LogP contribution in [0.15, 0.2) is 71.6 Å². The summed E-state index contributed by atoms with van der Waals surface area (Å²) in [6.07, 6.45) is 0.299. The first-order valence-corrected chi connectivity index (χ1v) is 15.3. The third-order valence-electron chi connectivity index (χ3n) is 6.21. The van der Waals surface area contributed by atoms with Crippen LogP contribution in [0.1, 0.15) is 38.3 Å². The quantitative estimate of drug-likeness (QED) is 0.265. The number of nitrogens with zero attached hydrogens (tertiary/aromatic N) is 2. The minimum atomic E-state index is -4.18. The van der Waals surface area contributed by atoms with Crippen LogP contribution >= 0.6 is 34.8 Å². The predicted molar refractivity (Wildman–Crippen MR) is 162 cm³/mol. The number of hydrogen-bond donors (Lipinski definition) is 1. The molecule has 0 saturated carbocycles. The van der Waals surface area contributed by atoms with Gasteiger partial charge in [-0.15, -0.1) is 0 Å². The molecule has 0 spiro atoms. The summed E-state index contributed by atoms with van der Waals surface area (Å²) in [7, 11) is -4.18. The van der Waals surface area contributed by atoms with Gasteiger partial charge in [-0.05, 0) is 74.7 Å². The lowest BCUT2D eigenvalue weighted by atomic mass is 10.1. The molecule has 0 radical (unpaired) electrons. The van der Waals surface area contributed by atoms with Gasteiger partial charge >= 0.3 is 0 Å². The van der Waals surface area contributed by atoms with Crippen LogP contribution in [0.3, 0.4) is 0 Å². The number of benzene rings is 3. The van der Waals surface area contributed by atoms with Gasteiger partial charge in [-0.2, -0.15) is 0 Å². The topological polar surface area (TPSA) is 86.8 Å². The Bertz CT molecular complexity index is 1470. The number of hydrogen-bond acceptors (Lipinski definition) is 4. The van der Waals surface area contributed by atoms with Crippen molar-refractivity contribution >= 4 is 62.3 Å². The zero-order valence-corrected chi connectivity index (χ0v) is 25.8. The van der Waals surface area contributed by atoms with E-state index < -0.39 is 28.5 Å². The molecule has 0 heterocycles. The number of halogens is 3. The Hall–Kier alpha value is -2.78. The number of aryl methyl sites for hydroxylation is 1. The zero-order chi connectivity index (χ0) is 29.6. The van der Waals surface area contributed by atoms with Crippen molar-refractivity contribution in [2.45, 2.75) is 57.6 Å². The average Bonchev–Trinajstić information content (AvgIpc) is 2.90. The third-order valence-corrected chi connectivity index (χ3v) is 9.14. The molecule has 3 aromatic carbocycles. The van der Waals surface area contributed by atoms with E-state index in [1.807, 2.05) is 13.8 Å². The molecule has 0 aliphatic heterocycles. The molecule has 0 fully saturated rings. The van der Waals surface area contributed by atoms with E-state index in [2.05, 4.69) is 5.32 Å². The monoisotopic (exact) mass is 623 g/mol. The van der Waals surface area contributed by atoms with Crippen molar-refractivity contribution in [2.24, 2.45) is 0 Å². The van der Waals surface area contributed by atoms with Crippen LogP contribution in [0.5, 0.6) is 0 Å². The highest BCUT2D eigenvalue weighted by molar-refractivity contribution is 7.92. The number of anilines is 1. The van der Waals surface area contributed by atoms with Crippen LogP contribution < -0.4 is 9.62 Å². The van der Waals surface area contributed by atoms with Crippen molar-refractivity contribution in [1.82, 2.24) is 10.2 Å². The smallest absolute Gasteiger partial charge is 0.264 e. The highest BCUT2D eigenvalue weighted by Crippen LogP contribution is 2.29. The van der Waals surface area contributed by atoms with Crippen molar-refractivity contribution in [3.63, 3.8) is 0 Å². The lowest BCUT2D eigenvalue weighted by Gasteiger charge is -2.33. The second-order valence-corrected chi connectivity index (χ2v) is 12.7. The summed E-state index contributed by atoms with van der Waals surface area (Å²) in [5.74, 6) is -0.921. The Morgan fingerprint density at radius 3 is 2.15 bits per heavy atom. The molecule has 0 aromatic heterocycles. The van der Waals surface area contributed by atoms with Crippen LogP contribution in [-0.4, -0.2) is 43.8 Å². The van der Waals surface area contributed by atoms with E-state index in [0.29, 0.717) is 27.1 Å². The van der Waals surface area contributed by atoms with E-state index in [4.69, 9.17) is 34.8 Å². The van der Waals surface area contributed by atoms with E-state index in [-0.39, 0.29) is 29.1 Å². The van der Waals surface area contributed by atoms with Gasteiger partial charge in [-0.3, -0.25) is 13.9 Å². The summed E-state index contributed by atoms with van der Waals surface area (Å²) in [4.78, 5) is 28.6. The maximum Gasteiger partial charge on any atom is 0.264 e. The van der Waals surface area contributed by atoms with Crippen molar-refractivity contribution in [3.05, 3.63) is 92.9 Å². The Kier molecular flexibility index (Phi) is 10.9. The van der Waals surface area contributed by atoms with Gasteiger partial charge < -0.3 is 10.2 Å². The Morgan fingerprint density at radius 2 is 1.57 bits per heavy atom. The standard InChI is InChI=1S/C29H32Cl3N3O4S/c1-5-27(29(37)33-19(2)3)34(17-21-12-14-24(30)26(32)15-21)28(36)18-35(22-13-11-20(4)25(31)16-22)40(38,39)23-9-7-6-8-10-23/h6-16,19,27H,5,17-18H2,1-4H3,(H,33,37). The lowest BCUT2D eigenvalue weighted by molar-refractivity contribution is -0.140. The molecule has 3 aromatic rings. The van der Waals surface area contributed by atoms with E-state index in [1.165, 1.54) is 23.1 Å². The minimum absolute atomic E-state index is 0.00756. The Morgan fingerprint density at radius 1 is 0.900 bits per heavy atom. The van der Waals surface area contributed by atoms with Crippen molar-refractivity contribution in [3.8, 4) is 0 Å². The van der Waals surface area contributed by atoms with Gasteiger partial charge in [0.15, 0.2) is 0 Å². The second-order valence-electron chi connectivity index (χ2n) is 9.62. The summed E-state index contributed by atoms with van der Waals surface area (Å²) < 4.78 is 28.7. The Labute approximate surface area is 251 Å². The molecule has 1 atom stereocenters. The highest BCUT2D eigenvalue weighted by atomic mass is 35.5. The van der Waals surface area contributed by atoms with Crippen molar-refractivity contribution in [1.29, 1.82) is 0 Å². The molecule has 3 rings (SSSR count). The summed E-state index contributed by atoms with van der Waals surface area (Å²) in [5.41, 5.74) is 1.61. The number of amides is 2. The highest BCUT2D eigenvalue weighted by Gasteiger charge is 2.34. The lowest BCUT2D eigenvalue weighted by Crippen LogP contribution is -2.53. The maximum absolute atomic E-state index is 14.1. The summed E-state index contributed by atoms with van der Waals surface area (Å²) in [6, 6.07) is 16.5. The third kappa shape index (κ3) is 7.69. The molecule has 1 N–H and O–H groups in total. The molecule has 11 heteroatoms. The number of nitrogens with one attached hydrogen (secondary N) is 1. The fourth-order valence-corrected chi connectivity index (χ4v) is 6.04. The fraction of sp³-hybridized carbons (Fsp3) is 0.310. The molecular formula is C29H32Cl3N3O4S. The summed E-state index contributed by atoms with van der Waals surface area (Å²) in [5, 5.41) is 3.87. The van der Waals surface area contributed by atoms with Crippen LogP contribution in [0.4, 0.5) is 5.69 Å². The number of sulfonamides is 1. The zero-order valence-electron chi connectivity index (χ0n) is 22.7. The second kappa shape index (κ2) is 13.7. The van der Waals surface area contributed by atoms with Gasteiger partial charge in [0.05, 0.1) is 20.6 Å². The molecule has 1 unspecified atom stereocenters. The fourth-order valence-electron chi connectivity index (χ4n) is 4.12. The molecule has 214 valence electrons. The molecule has 0 saturated heterocycles. The van der Waals surface area contributed by atoms with Gasteiger partial charge in [0.1, 0.15) is 12.6 Å². The van der Waals surface area contributed by atoms with Gasteiger partial charge in [-0.25, -0.2) is 8.42 Å². The van der Waals surface area contributed by atoms with E-state index in [0.717, 1.165) is 9.87 Å². The van der Waals surface area contributed by atoms with Gasteiger partial charge in [-0.1, -0.05) is 72.1 Å². The van der Waals surface area contributed by atoms with Gasteiger partial charge in [0.2, 0.25) is 11.8 Å². The Balaban J connectivity index is 2.09. The minimum Gasteiger partial charge on any atom is -0.352 e. The van der Waals surface area contributed by atoms with Crippen LogP contribution in [-0.2, 0) is 26.2 Å².